The number of imidazole rings is 1. The van der Waals surface area contributed by atoms with Crippen LogP contribution in [0.2, 0.25) is 0 Å². The number of benzene rings is 1. The van der Waals surface area contributed by atoms with Crippen molar-refractivity contribution in [1.29, 1.82) is 0 Å². The summed E-state index contributed by atoms with van der Waals surface area (Å²) in [5.41, 5.74) is 0.972. The van der Waals surface area contributed by atoms with Crippen molar-refractivity contribution in [1.82, 2.24) is 19.5 Å². The summed E-state index contributed by atoms with van der Waals surface area (Å²) in [5.74, 6) is 0.193. The fourth-order valence-electron chi connectivity index (χ4n) is 3.98. The molecule has 4 atom stereocenters. The summed E-state index contributed by atoms with van der Waals surface area (Å²) in [6.07, 6.45) is 3.10. The Balaban J connectivity index is 1.47. The first-order chi connectivity index (χ1) is 13.7. The molecule has 9 heteroatoms. The monoisotopic (exact) mass is 381 g/mol. The number of aliphatic hydroxyl groups is 1. The van der Waals surface area contributed by atoms with Crippen LogP contribution in [-0.4, -0.2) is 56.0 Å². The van der Waals surface area contributed by atoms with Gasteiger partial charge in [0.1, 0.15) is 12.4 Å². The van der Waals surface area contributed by atoms with Gasteiger partial charge in [-0.2, -0.15) is 0 Å². The molecule has 0 bridgehead atoms. The SMILES string of the molecule is CO[C@H]1[C@H](n2cnc3c(NC(=O)c4ccccc4)ncnc32)O[C@@]2(CO)C[C@@H]12. The van der Waals surface area contributed by atoms with E-state index in [9.17, 15) is 9.90 Å². The number of ether oxygens (including phenoxy) is 2. The molecular weight excluding hydrogens is 362 g/mol. The zero-order valence-electron chi connectivity index (χ0n) is 15.1. The lowest BCUT2D eigenvalue weighted by Crippen LogP contribution is -2.26. The van der Waals surface area contributed by atoms with Crippen molar-refractivity contribution in [2.24, 2.45) is 5.92 Å². The van der Waals surface area contributed by atoms with E-state index in [4.69, 9.17) is 9.47 Å². The minimum Gasteiger partial charge on any atom is -0.393 e. The van der Waals surface area contributed by atoms with Crippen LogP contribution in [0.15, 0.2) is 43.0 Å². The van der Waals surface area contributed by atoms with Gasteiger partial charge in [0.15, 0.2) is 23.2 Å². The quantitative estimate of drug-likeness (QED) is 0.687. The van der Waals surface area contributed by atoms with Gasteiger partial charge in [-0.1, -0.05) is 18.2 Å². The number of aromatic nitrogens is 4. The lowest BCUT2D eigenvalue weighted by molar-refractivity contribution is -0.0973. The van der Waals surface area contributed by atoms with E-state index in [1.807, 2.05) is 6.07 Å². The Labute approximate surface area is 160 Å². The average molecular weight is 381 g/mol. The molecule has 1 aliphatic heterocycles. The van der Waals surface area contributed by atoms with Gasteiger partial charge in [-0.25, -0.2) is 15.0 Å². The van der Waals surface area contributed by atoms with E-state index in [0.29, 0.717) is 22.5 Å². The third-order valence-corrected chi connectivity index (χ3v) is 5.55. The highest BCUT2D eigenvalue weighted by Gasteiger charge is 2.68. The molecule has 28 heavy (non-hydrogen) atoms. The fourth-order valence-corrected chi connectivity index (χ4v) is 3.98. The van der Waals surface area contributed by atoms with Crippen LogP contribution in [0.1, 0.15) is 23.0 Å². The molecule has 5 rings (SSSR count). The van der Waals surface area contributed by atoms with Crippen LogP contribution < -0.4 is 5.32 Å². The summed E-state index contributed by atoms with van der Waals surface area (Å²) in [6.45, 7) is -0.0476. The van der Waals surface area contributed by atoms with Crippen LogP contribution in [0, 0.1) is 5.92 Å². The summed E-state index contributed by atoms with van der Waals surface area (Å²) >= 11 is 0. The molecule has 2 aromatic heterocycles. The maximum absolute atomic E-state index is 12.5. The number of hydrogen-bond acceptors (Lipinski definition) is 7. The summed E-state index contributed by atoms with van der Waals surface area (Å²) in [5, 5.41) is 12.5. The Morgan fingerprint density at radius 3 is 2.93 bits per heavy atom. The number of amides is 1. The van der Waals surface area contributed by atoms with Gasteiger partial charge in [-0.05, 0) is 18.6 Å². The first-order valence-electron chi connectivity index (χ1n) is 9.02. The number of carbonyl (C=O) groups is 1. The van der Waals surface area contributed by atoms with Crippen LogP contribution in [-0.2, 0) is 9.47 Å². The molecule has 0 spiro atoms. The standard InChI is InChI=1S/C19H19N5O4/c1-27-14-12-7-19(12,8-25)28-18(14)24-10-22-13-15(20-9-21-16(13)24)23-17(26)11-5-3-2-4-6-11/h2-6,9-10,12,14,18,25H,7-8H2,1H3,(H,20,21,23,26)/t12-,14+,18+,19+/m0/s1. The van der Waals surface area contributed by atoms with Crippen molar-refractivity contribution >= 4 is 22.9 Å². The van der Waals surface area contributed by atoms with Gasteiger partial charge in [0, 0.05) is 18.6 Å². The van der Waals surface area contributed by atoms with E-state index < -0.39 is 11.8 Å². The second-order valence-corrected chi connectivity index (χ2v) is 7.11. The summed E-state index contributed by atoms with van der Waals surface area (Å²) in [4.78, 5) is 25.4. The number of nitrogens with zero attached hydrogens (tertiary/aromatic N) is 4. The molecule has 1 aliphatic carbocycles. The number of rotatable bonds is 5. The van der Waals surface area contributed by atoms with Gasteiger partial charge in [-0.15, -0.1) is 0 Å². The normalized spacial score (nSPS) is 28.3. The predicted molar refractivity (Wildman–Crippen MR) is 98.6 cm³/mol. The molecule has 0 radical (unpaired) electrons. The number of fused-ring (bicyclic) bond motifs is 2. The summed E-state index contributed by atoms with van der Waals surface area (Å²) < 4.78 is 13.5. The van der Waals surface area contributed by atoms with Gasteiger partial charge in [0.05, 0.1) is 18.5 Å². The molecular formula is C19H19N5O4. The molecule has 2 aliphatic rings. The van der Waals surface area contributed by atoms with E-state index in [1.54, 1.807) is 42.3 Å². The second kappa shape index (κ2) is 6.33. The van der Waals surface area contributed by atoms with E-state index in [1.165, 1.54) is 6.33 Å². The first-order valence-corrected chi connectivity index (χ1v) is 9.02. The lowest BCUT2D eigenvalue weighted by atomic mass is 10.2. The maximum Gasteiger partial charge on any atom is 0.256 e. The fraction of sp³-hybridized carbons (Fsp3) is 0.368. The second-order valence-electron chi connectivity index (χ2n) is 7.11. The molecule has 1 amide bonds. The van der Waals surface area contributed by atoms with Crippen molar-refractivity contribution in [3.8, 4) is 0 Å². The largest absolute Gasteiger partial charge is 0.393 e. The number of anilines is 1. The Bertz CT molecular complexity index is 1040. The smallest absolute Gasteiger partial charge is 0.256 e. The van der Waals surface area contributed by atoms with Gasteiger partial charge in [0.2, 0.25) is 0 Å². The molecule has 3 aromatic rings. The molecule has 2 N–H and O–H groups in total. The van der Waals surface area contributed by atoms with Crippen LogP contribution in [0.25, 0.3) is 11.2 Å². The van der Waals surface area contributed by atoms with Crippen LogP contribution in [0.4, 0.5) is 5.82 Å². The van der Waals surface area contributed by atoms with Crippen LogP contribution in [0.5, 0.6) is 0 Å². The van der Waals surface area contributed by atoms with Gasteiger partial charge < -0.3 is 19.9 Å². The topological polar surface area (TPSA) is 111 Å². The minimum absolute atomic E-state index is 0.0476. The zero-order chi connectivity index (χ0) is 19.3. The van der Waals surface area contributed by atoms with Gasteiger partial charge in [0.25, 0.3) is 5.91 Å². The van der Waals surface area contributed by atoms with E-state index >= 15 is 0 Å². The average Bonchev–Trinajstić information content (AvgIpc) is 3.13. The van der Waals surface area contributed by atoms with E-state index in [-0.39, 0.29) is 24.5 Å². The van der Waals surface area contributed by atoms with E-state index in [2.05, 4.69) is 20.3 Å². The minimum atomic E-state index is -0.542. The Morgan fingerprint density at radius 1 is 1.36 bits per heavy atom. The van der Waals surface area contributed by atoms with Crippen LogP contribution in [0.3, 0.4) is 0 Å². The van der Waals surface area contributed by atoms with Crippen molar-refractivity contribution in [2.75, 3.05) is 19.0 Å². The summed E-state index contributed by atoms with van der Waals surface area (Å²) in [7, 11) is 1.63. The summed E-state index contributed by atoms with van der Waals surface area (Å²) in [6, 6.07) is 8.89. The van der Waals surface area contributed by atoms with Gasteiger partial charge in [-0.3, -0.25) is 9.36 Å². The third kappa shape index (κ3) is 2.51. The number of hydrogen-bond donors (Lipinski definition) is 2. The molecule has 144 valence electrons. The Hall–Kier alpha value is -2.88. The molecule has 1 saturated carbocycles. The maximum atomic E-state index is 12.5. The Kier molecular flexibility index (Phi) is 3.90. The molecule has 9 nitrogen and oxygen atoms in total. The van der Waals surface area contributed by atoms with Crippen molar-refractivity contribution in [2.45, 2.75) is 24.4 Å². The van der Waals surface area contributed by atoms with Crippen LogP contribution >= 0.6 is 0 Å². The van der Waals surface area contributed by atoms with Crippen molar-refractivity contribution < 1.29 is 19.4 Å². The highest BCUT2D eigenvalue weighted by Crippen LogP contribution is 2.60. The Morgan fingerprint density at radius 2 is 2.18 bits per heavy atom. The lowest BCUT2D eigenvalue weighted by Gasteiger charge is -2.23. The molecule has 1 saturated heterocycles. The number of methoxy groups -OCH3 is 1. The van der Waals surface area contributed by atoms with Crippen molar-refractivity contribution in [3.63, 3.8) is 0 Å². The molecule has 2 fully saturated rings. The predicted octanol–water partition coefficient (Wildman–Crippen LogP) is 1.37. The highest BCUT2D eigenvalue weighted by molar-refractivity contribution is 6.06. The highest BCUT2D eigenvalue weighted by atomic mass is 16.6. The molecule has 0 unspecified atom stereocenters. The van der Waals surface area contributed by atoms with Gasteiger partial charge >= 0.3 is 0 Å². The molecule has 1 aromatic carbocycles. The molecule has 3 heterocycles. The first kappa shape index (κ1) is 17.2. The number of aliphatic hydroxyl groups excluding tert-OH is 1. The van der Waals surface area contributed by atoms with E-state index in [0.717, 1.165) is 6.42 Å². The number of nitrogens with one attached hydrogen (secondary N) is 1. The third-order valence-electron chi connectivity index (χ3n) is 5.55. The van der Waals surface area contributed by atoms with Crippen molar-refractivity contribution in [3.05, 3.63) is 48.5 Å². The zero-order valence-corrected chi connectivity index (χ0v) is 15.1. The number of carbonyl (C=O) groups excluding carboxylic acids is 1.